The third-order valence-corrected chi connectivity index (χ3v) is 3.42. The van der Waals surface area contributed by atoms with Crippen LogP contribution in [0, 0.1) is 5.92 Å². The van der Waals surface area contributed by atoms with E-state index in [1.165, 1.54) is 6.92 Å². The van der Waals surface area contributed by atoms with E-state index < -0.39 is 6.29 Å². The van der Waals surface area contributed by atoms with Gasteiger partial charge in [0.2, 0.25) is 0 Å². The Hall–Kier alpha value is -1.23. The van der Waals surface area contributed by atoms with Crippen molar-refractivity contribution in [2.75, 3.05) is 0 Å². The van der Waals surface area contributed by atoms with Crippen LogP contribution in [0.5, 0.6) is 0 Å². The number of carbonyl (C=O) groups is 1. The molecule has 1 aliphatic rings. The van der Waals surface area contributed by atoms with Gasteiger partial charge in [-0.1, -0.05) is 37.3 Å². The van der Waals surface area contributed by atoms with Gasteiger partial charge in [0, 0.05) is 12.3 Å². The van der Waals surface area contributed by atoms with Crippen LogP contribution in [0.15, 0.2) is 30.3 Å². The molecule has 0 radical (unpaired) electrons. The molecule has 0 aliphatic carbocycles. The molecule has 4 heteroatoms. The SMILES string of the molecule is CC(=O)C[C@H]1OC(O)[C@@H](C)[C@@H]1OCc1ccccc1. The molecule has 2 rings (SSSR count). The van der Waals surface area contributed by atoms with E-state index in [1.54, 1.807) is 0 Å². The lowest BCUT2D eigenvalue weighted by atomic mass is 9.99. The van der Waals surface area contributed by atoms with E-state index in [9.17, 15) is 9.90 Å². The van der Waals surface area contributed by atoms with Gasteiger partial charge in [0.25, 0.3) is 0 Å². The number of rotatable bonds is 5. The number of carbonyl (C=O) groups excluding carboxylic acids is 1. The highest BCUT2D eigenvalue weighted by Gasteiger charge is 2.42. The normalized spacial score (nSPS) is 30.5. The van der Waals surface area contributed by atoms with Crippen LogP contribution in [0.3, 0.4) is 0 Å². The summed E-state index contributed by atoms with van der Waals surface area (Å²) in [5.74, 6) is -0.0901. The topological polar surface area (TPSA) is 55.8 Å². The van der Waals surface area contributed by atoms with Crippen LogP contribution in [0.1, 0.15) is 25.8 Å². The van der Waals surface area contributed by atoms with Crippen LogP contribution in [0.4, 0.5) is 0 Å². The Morgan fingerprint density at radius 1 is 1.37 bits per heavy atom. The first-order valence-electron chi connectivity index (χ1n) is 6.56. The maximum atomic E-state index is 11.2. The smallest absolute Gasteiger partial charge is 0.160 e. The van der Waals surface area contributed by atoms with E-state index in [4.69, 9.17) is 9.47 Å². The third kappa shape index (κ3) is 3.62. The summed E-state index contributed by atoms with van der Waals surface area (Å²) in [7, 11) is 0. The summed E-state index contributed by atoms with van der Waals surface area (Å²) in [5, 5.41) is 9.74. The van der Waals surface area contributed by atoms with Crippen molar-refractivity contribution in [2.45, 2.75) is 45.4 Å². The average molecular weight is 264 g/mol. The van der Waals surface area contributed by atoms with Crippen molar-refractivity contribution < 1.29 is 19.4 Å². The molecule has 0 saturated carbocycles. The molecule has 0 bridgehead atoms. The highest BCUT2D eigenvalue weighted by molar-refractivity contribution is 5.76. The maximum absolute atomic E-state index is 11.2. The summed E-state index contributed by atoms with van der Waals surface area (Å²) < 4.78 is 11.2. The Labute approximate surface area is 113 Å². The second kappa shape index (κ2) is 6.28. The van der Waals surface area contributed by atoms with Gasteiger partial charge < -0.3 is 14.6 Å². The van der Waals surface area contributed by atoms with Crippen molar-refractivity contribution in [1.29, 1.82) is 0 Å². The number of aliphatic hydroxyl groups excluding tert-OH is 1. The fraction of sp³-hybridized carbons (Fsp3) is 0.533. The summed E-state index contributed by atoms with van der Waals surface area (Å²) in [4.78, 5) is 11.2. The quantitative estimate of drug-likeness (QED) is 0.882. The Morgan fingerprint density at radius 2 is 2.05 bits per heavy atom. The summed E-state index contributed by atoms with van der Waals surface area (Å²) in [6.07, 6.45) is -1.18. The van der Waals surface area contributed by atoms with Gasteiger partial charge in [0.05, 0.1) is 18.8 Å². The molecular weight excluding hydrogens is 244 g/mol. The largest absolute Gasteiger partial charge is 0.370 e. The second-order valence-electron chi connectivity index (χ2n) is 5.09. The zero-order chi connectivity index (χ0) is 13.8. The third-order valence-electron chi connectivity index (χ3n) is 3.42. The van der Waals surface area contributed by atoms with Gasteiger partial charge in [0.15, 0.2) is 6.29 Å². The van der Waals surface area contributed by atoms with Gasteiger partial charge in [-0.15, -0.1) is 0 Å². The number of ketones is 1. The van der Waals surface area contributed by atoms with Crippen molar-refractivity contribution in [2.24, 2.45) is 5.92 Å². The summed E-state index contributed by atoms with van der Waals surface area (Å²) in [6, 6.07) is 9.82. The molecule has 1 N–H and O–H groups in total. The molecule has 0 spiro atoms. The Bertz CT molecular complexity index is 417. The highest BCUT2D eigenvalue weighted by Crippen LogP contribution is 2.30. The number of ether oxygens (including phenoxy) is 2. The van der Waals surface area contributed by atoms with Gasteiger partial charge in [0.1, 0.15) is 5.78 Å². The average Bonchev–Trinajstić information content (AvgIpc) is 2.63. The lowest BCUT2D eigenvalue weighted by Crippen LogP contribution is -2.30. The van der Waals surface area contributed by atoms with Gasteiger partial charge in [-0.25, -0.2) is 0 Å². The predicted molar refractivity (Wildman–Crippen MR) is 70.4 cm³/mol. The fourth-order valence-electron chi connectivity index (χ4n) is 2.35. The fourth-order valence-corrected chi connectivity index (χ4v) is 2.35. The van der Waals surface area contributed by atoms with E-state index in [1.807, 2.05) is 37.3 Å². The van der Waals surface area contributed by atoms with E-state index in [2.05, 4.69) is 0 Å². The minimum Gasteiger partial charge on any atom is -0.370 e. The molecule has 104 valence electrons. The summed E-state index contributed by atoms with van der Waals surface area (Å²) in [5.41, 5.74) is 1.07. The number of benzene rings is 1. The first-order valence-corrected chi connectivity index (χ1v) is 6.56. The first-order chi connectivity index (χ1) is 9.08. The molecule has 4 atom stereocenters. The van der Waals surface area contributed by atoms with Crippen molar-refractivity contribution in [3.63, 3.8) is 0 Å². The molecule has 1 fully saturated rings. The molecule has 0 aromatic heterocycles. The van der Waals surface area contributed by atoms with Crippen molar-refractivity contribution in [3.8, 4) is 0 Å². The molecule has 1 saturated heterocycles. The first kappa shape index (κ1) is 14.2. The molecule has 19 heavy (non-hydrogen) atoms. The van der Waals surface area contributed by atoms with E-state index in [0.717, 1.165) is 5.56 Å². The van der Waals surface area contributed by atoms with Crippen LogP contribution in [-0.2, 0) is 20.9 Å². The van der Waals surface area contributed by atoms with Gasteiger partial charge in [-0.3, -0.25) is 4.79 Å². The highest BCUT2D eigenvalue weighted by atomic mass is 16.6. The van der Waals surface area contributed by atoms with Gasteiger partial charge in [-0.2, -0.15) is 0 Å². The van der Waals surface area contributed by atoms with E-state index in [-0.39, 0.29) is 30.3 Å². The molecule has 1 aromatic rings. The van der Waals surface area contributed by atoms with E-state index >= 15 is 0 Å². The van der Waals surface area contributed by atoms with Crippen molar-refractivity contribution >= 4 is 5.78 Å². The number of hydrogen-bond acceptors (Lipinski definition) is 4. The summed E-state index contributed by atoms with van der Waals surface area (Å²) in [6.45, 7) is 3.85. The molecule has 1 aliphatic heterocycles. The number of Topliss-reactive ketones (excluding diaryl/α,β-unsaturated/α-hetero) is 1. The monoisotopic (exact) mass is 264 g/mol. The molecule has 1 aromatic carbocycles. The van der Waals surface area contributed by atoms with Crippen LogP contribution < -0.4 is 0 Å². The maximum Gasteiger partial charge on any atom is 0.160 e. The molecule has 4 nitrogen and oxygen atoms in total. The molecular formula is C15H20O4. The van der Waals surface area contributed by atoms with Crippen LogP contribution >= 0.6 is 0 Å². The molecule has 1 heterocycles. The minimum absolute atomic E-state index is 0.0413. The second-order valence-corrected chi connectivity index (χ2v) is 5.09. The van der Waals surface area contributed by atoms with Crippen LogP contribution in [0.2, 0.25) is 0 Å². The lowest BCUT2D eigenvalue weighted by molar-refractivity contribution is -0.129. The standard InChI is InChI=1S/C15H20O4/c1-10(16)8-13-14(11(2)15(17)19-13)18-9-12-6-4-3-5-7-12/h3-7,11,13-15,17H,8-9H2,1-2H3/t11-,13+,14-,15?/m0/s1. The summed E-state index contributed by atoms with van der Waals surface area (Å²) >= 11 is 0. The number of hydrogen-bond donors (Lipinski definition) is 1. The zero-order valence-corrected chi connectivity index (χ0v) is 11.3. The predicted octanol–water partition coefficient (Wildman–Crippen LogP) is 1.90. The Morgan fingerprint density at radius 3 is 2.68 bits per heavy atom. The van der Waals surface area contributed by atoms with Gasteiger partial charge >= 0.3 is 0 Å². The van der Waals surface area contributed by atoms with E-state index in [0.29, 0.717) is 6.61 Å². The number of aliphatic hydroxyl groups is 1. The Balaban J connectivity index is 1.97. The lowest BCUT2D eigenvalue weighted by Gasteiger charge is -2.20. The van der Waals surface area contributed by atoms with Crippen molar-refractivity contribution in [1.82, 2.24) is 0 Å². The zero-order valence-electron chi connectivity index (χ0n) is 11.3. The van der Waals surface area contributed by atoms with Gasteiger partial charge in [-0.05, 0) is 12.5 Å². The van der Waals surface area contributed by atoms with Crippen LogP contribution in [-0.4, -0.2) is 29.4 Å². The van der Waals surface area contributed by atoms with Crippen LogP contribution in [0.25, 0.3) is 0 Å². The van der Waals surface area contributed by atoms with Crippen molar-refractivity contribution in [3.05, 3.63) is 35.9 Å². The Kier molecular flexibility index (Phi) is 4.69. The minimum atomic E-state index is -0.856. The molecule has 1 unspecified atom stereocenters. The molecule has 0 amide bonds.